The third kappa shape index (κ3) is 4.74. The Hall–Kier alpha value is -3.02. The van der Waals surface area contributed by atoms with Gasteiger partial charge in [0.15, 0.2) is 0 Å². The van der Waals surface area contributed by atoms with Gasteiger partial charge in [0.25, 0.3) is 0 Å². The Balaban J connectivity index is 1.74. The van der Waals surface area contributed by atoms with E-state index in [1.165, 1.54) is 6.42 Å². The lowest BCUT2D eigenvalue weighted by molar-refractivity contribution is 0.0697. The Morgan fingerprint density at radius 2 is 1.91 bits per heavy atom. The first-order chi connectivity index (χ1) is 15.1. The summed E-state index contributed by atoms with van der Waals surface area (Å²) in [7, 11) is 0. The molecule has 1 aromatic heterocycles. The van der Waals surface area contributed by atoms with Crippen LogP contribution in [0.2, 0.25) is 0 Å². The standard InChI is InChI=1S/C26H33N3O3/c1-16(2)32-21-9-7-19(8-10-21)27-25-28-22-13-18(24(30)31)6-11-23(22)29(25)20-12-17(3)14-26(4,5)15-20/h6-11,13,16-17,20H,12,14-15H2,1-5H3,(H,27,28)(H,30,31)/t17-,20+/m0/s1. The Bertz CT molecular complexity index is 1120. The van der Waals surface area contributed by atoms with E-state index in [0.29, 0.717) is 17.5 Å². The van der Waals surface area contributed by atoms with Crippen LogP contribution in [0.15, 0.2) is 42.5 Å². The van der Waals surface area contributed by atoms with Crippen LogP contribution in [-0.2, 0) is 0 Å². The molecule has 1 heterocycles. The van der Waals surface area contributed by atoms with Crippen molar-refractivity contribution in [2.75, 3.05) is 5.32 Å². The monoisotopic (exact) mass is 435 g/mol. The largest absolute Gasteiger partial charge is 0.491 e. The van der Waals surface area contributed by atoms with Crippen LogP contribution >= 0.6 is 0 Å². The van der Waals surface area contributed by atoms with Crippen molar-refractivity contribution in [1.29, 1.82) is 0 Å². The molecule has 2 N–H and O–H groups in total. The van der Waals surface area contributed by atoms with Crippen molar-refractivity contribution >= 4 is 28.6 Å². The van der Waals surface area contributed by atoms with Crippen LogP contribution in [0, 0.1) is 11.3 Å². The number of nitrogens with zero attached hydrogens (tertiary/aromatic N) is 2. The van der Waals surface area contributed by atoms with E-state index in [4.69, 9.17) is 9.72 Å². The molecule has 32 heavy (non-hydrogen) atoms. The molecule has 6 nitrogen and oxygen atoms in total. The molecule has 170 valence electrons. The number of benzene rings is 2. The molecule has 4 rings (SSSR count). The number of aromatic nitrogens is 2. The van der Waals surface area contributed by atoms with Crippen molar-refractivity contribution in [3.63, 3.8) is 0 Å². The van der Waals surface area contributed by atoms with Crippen molar-refractivity contribution in [2.24, 2.45) is 11.3 Å². The van der Waals surface area contributed by atoms with Crippen molar-refractivity contribution in [1.82, 2.24) is 9.55 Å². The number of hydrogen-bond acceptors (Lipinski definition) is 4. The van der Waals surface area contributed by atoms with E-state index in [9.17, 15) is 9.90 Å². The molecule has 6 heteroatoms. The van der Waals surface area contributed by atoms with Gasteiger partial charge in [-0.15, -0.1) is 0 Å². The van der Waals surface area contributed by atoms with Crippen molar-refractivity contribution < 1.29 is 14.6 Å². The number of hydrogen-bond donors (Lipinski definition) is 2. The van der Waals surface area contributed by atoms with Gasteiger partial charge in [0.2, 0.25) is 5.95 Å². The predicted molar refractivity (Wildman–Crippen MR) is 128 cm³/mol. The minimum atomic E-state index is -0.941. The number of carbonyl (C=O) groups is 1. The molecule has 0 saturated heterocycles. The van der Waals surface area contributed by atoms with Crippen LogP contribution in [0.25, 0.3) is 11.0 Å². The predicted octanol–water partition coefficient (Wildman–Crippen LogP) is 6.65. The summed E-state index contributed by atoms with van der Waals surface area (Å²) < 4.78 is 8.03. The lowest BCUT2D eigenvalue weighted by Crippen LogP contribution is -2.29. The molecule has 3 aromatic rings. The normalized spacial score (nSPS) is 20.4. The first-order valence-corrected chi connectivity index (χ1v) is 11.4. The van der Waals surface area contributed by atoms with E-state index in [0.717, 1.165) is 35.7 Å². The fraction of sp³-hybridized carbons (Fsp3) is 0.462. The summed E-state index contributed by atoms with van der Waals surface area (Å²) in [4.78, 5) is 16.3. The van der Waals surface area contributed by atoms with Crippen LogP contribution in [0.5, 0.6) is 5.75 Å². The summed E-state index contributed by atoms with van der Waals surface area (Å²) in [5, 5.41) is 12.9. The summed E-state index contributed by atoms with van der Waals surface area (Å²) in [6.45, 7) is 11.0. The smallest absolute Gasteiger partial charge is 0.335 e. The molecule has 0 amide bonds. The molecule has 0 aliphatic heterocycles. The molecule has 0 unspecified atom stereocenters. The Morgan fingerprint density at radius 1 is 1.19 bits per heavy atom. The number of ether oxygens (including phenoxy) is 1. The third-order valence-corrected chi connectivity index (χ3v) is 6.15. The maximum Gasteiger partial charge on any atom is 0.335 e. The van der Waals surface area contributed by atoms with Gasteiger partial charge in [-0.3, -0.25) is 0 Å². The first kappa shape index (κ1) is 22.2. The maximum atomic E-state index is 11.5. The second kappa shape index (κ2) is 8.49. The van der Waals surface area contributed by atoms with Crippen LogP contribution in [0.4, 0.5) is 11.6 Å². The highest BCUT2D eigenvalue weighted by Gasteiger charge is 2.34. The van der Waals surface area contributed by atoms with E-state index in [1.54, 1.807) is 12.1 Å². The number of carboxylic acid groups (broad SMARTS) is 1. The third-order valence-electron chi connectivity index (χ3n) is 6.15. The number of nitrogens with one attached hydrogen (secondary N) is 1. The van der Waals surface area contributed by atoms with Gasteiger partial charge in [-0.2, -0.15) is 0 Å². The second-order valence-electron chi connectivity index (χ2n) is 10.2. The van der Waals surface area contributed by atoms with Gasteiger partial charge in [0, 0.05) is 11.7 Å². The summed E-state index contributed by atoms with van der Waals surface area (Å²) in [5.74, 6) is 1.24. The molecule has 0 bridgehead atoms. The van der Waals surface area contributed by atoms with Gasteiger partial charge in [-0.25, -0.2) is 9.78 Å². The summed E-state index contributed by atoms with van der Waals surface area (Å²) >= 11 is 0. The molecule has 1 aliphatic carbocycles. The van der Waals surface area contributed by atoms with Crippen molar-refractivity contribution in [2.45, 2.75) is 66.0 Å². The number of fused-ring (bicyclic) bond motifs is 1. The lowest BCUT2D eigenvalue weighted by Gasteiger charge is -2.40. The number of anilines is 2. The van der Waals surface area contributed by atoms with Gasteiger partial charge >= 0.3 is 5.97 Å². The zero-order valence-electron chi connectivity index (χ0n) is 19.6. The quantitative estimate of drug-likeness (QED) is 0.453. The Labute approximate surface area is 189 Å². The number of aromatic carboxylic acids is 1. The zero-order valence-corrected chi connectivity index (χ0v) is 19.6. The number of rotatable bonds is 6. The van der Waals surface area contributed by atoms with Gasteiger partial charge in [-0.1, -0.05) is 20.8 Å². The topological polar surface area (TPSA) is 76.4 Å². The molecule has 2 aromatic carbocycles. The Kier molecular flexibility index (Phi) is 5.89. The molecule has 1 aliphatic rings. The van der Waals surface area contributed by atoms with Crippen LogP contribution in [-0.4, -0.2) is 26.7 Å². The van der Waals surface area contributed by atoms with E-state index in [1.807, 2.05) is 44.2 Å². The molecular formula is C26H33N3O3. The van der Waals surface area contributed by atoms with E-state index in [2.05, 4.69) is 30.7 Å². The van der Waals surface area contributed by atoms with Crippen LogP contribution in [0.1, 0.15) is 70.3 Å². The highest BCUT2D eigenvalue weighted by atomic mass is 16.5. The molecule has 0 spiro atoms. The maximum absolute atomic E-state index is 11.5. The second-order valence-corrected chi connectivity index (χ2v) is 10.2. The van der Waals surface area contributed by atoms with Gasteiger partial charge in [0.1, 0.15) is 5.75 Å². The van der Waals surface area contributed by atoms with E-state index < -0.39 is 5.97 Å². The number of carboxylic acids is 1. The summed E-state index contributed by atoms with van der Waals surface area (Å²) in [6.07, 6.45) is 3.46. The minimum absolute atomic E-state index is 0.123. The average Bonchev–Trinajstić information content (AvgIpc) is 3.04. The van der Waals surface area contributed by atoms with Crippen molar-refractivity contribution in [3.05, 3.63) is 48.0 Å². The molecule has 2 atom stereocenters. The Morgan fingerprint density at radius 3 is 2.53 bits per heavy atom. The van der Waals surface area contributed by atoms with Gasteiger partial charge in [0.05, 0.1) is 22.7 Å². The zero-order chi connectivity index (χ0) is 23.0. The molecule has 1 saturated carbocycles. The fourth-order valence-corrected chi connectivity index (χ4v) is 5.20. The van der Waals surface area contributed by atoms with Crippen LogP contribution < -0.4 is 10.1 Å². The average molecular weight is 436 g/mol. The van der Waals surface area contributed by atoms with Crippen LogP contribution in [0.3, 0.4) is 0 Å². The summed E-state index contributed by atoms with van der Waals surface area (Å²) in [6, 6.07) is 13.4. The molecule has 1 fully saturated rings. The van der Waals surface area contributed by atoms with E-state index >= 15 is 0 Å². The lowest BCUT2D eigenvalue weighted by atomic mass is 9.70. The minimum Gasteiger partial charge on any atom is -0.491 e. The van der Waals surface area contributed by atoms with Gasteiger partial charge in [-0.05, 0) is 86.9 Å². The molecular weight excluding hydrogens is 402 g/mol. The highest BCUT2D eigenvalue weighted by Crippen LogP contribution is 2.46. The highest BCUT2D eigenvalue weighted by molar-refractivity contribution is 5.93. The van der Waals surface area contributed by atoms with Crippen molar-refractivity contribution in [3.8, 4) is 5.75 Å². The van der Waals surface area contributed by atoms with E-state index in [-0.39, 0.29) is 17.1 Å². The molecule has 0 radical (unpaired) electrons. The van der Waals surface area contributed by atoms with Gasteiger partial charge < -0.3 is 19.7 Å². The first-order valence-electron chi connectivity index (χ1n) is 11.4. The fourth-order valence-electron chi connectivity index (χ4n) is 5.20. The number of imidazole rings is 1. The SMILES string of the molecule is CC(C)Oc1ccc(Nc2nc3cc(C(=O)O)ccc3n2[C@@H]2C[C@H](C)CC(C)(C)C2)cc1. The summed E-state index contributed by atoms with van der Waals surface area (Å²) in [5.41, 5.74) is 3.07.